The Kier molecular flexibility index (Phi) is 4.19. The monoisotopic (exact) mass is 307 g/mol. The Balaban J connectivity index is 1.93. The summed E-state index contributed by atoms with van der Waals surface area (Å²) in [6.07, 6.45) is 7.29. The number of hydrogen-bond acceptors (Lipinski definition) is 4. The molecule has 5 nitrogen and oxygen atoms in total. The molecule has 0 aliphatic carbocycles. The maximum absolute atomic E-state index is 11.9. The minimum Gasteiger partial charge on any atom is -0.461 e. The molecule has 0 atom stereocenters. The molecule has 116 valence electrons. The Morgan fingerprint density at radius 1 is 1.26 bits per heavy atom. The van der Waals surface area contributed by atoms with Gasteiger partial charge < -0.3 is 4.74 Å². The van der Waals surface area contributed by atoms with Gasteiger partial charge >= 0.3 is 5.97 Å². The molecule has 3 heterocycles. The fraction of sp³-hybridized carbons (Fsp3) is 0.167. The summed E-state index contributed by atoms with van der Waals surface area (Å²) in [5.74, 6) is -0.374. The van der Waals surface area contributed by atoms with E-state index in [-0.39, 0.29) is 5.97 Å². The lowest BCUT2D eigenvalue weighted by Crippen LogP contribution is -2.07. The standard InChI is InChI=1S/C18H17N3O2/c1-3-23-18(22)16-11-19-17-10-8-14(12-21(16)17)7-9-15-6-4-5-13(2)20-15/h4-12H,3H2,1-2H3/b9-7-. The summed E-state index contributed by atoms with van der Waals surface area (Å²) in [6, 6.07) is 9.69. The third kappa shape index (κ3) is 3.29. The van der Waals surface area contributed by atoms with Crippen LogP contribution in [0, 0.1) is 6.92 Å². The largest absolute Gasteiger partial charge is 0.461 e. The molecule has 3 rings (SSSR count). The van der Waals surface area contributed by atoms with Crippen molar-refractivity contribution >= 4 is 23.8 Å². The number of rotatable bonds is 4. The molecule has 0 saturated heterocycles. The first-order chi connectivity index (χ1) is 11.2. The number of aryl methyl sites for hydroxylation is 1. The maximum Gasteiger partial charge on any atom is 0.356 e. The van der Waals surface area contributed by atoms with Crippen molar-refractivity contribution in [2.75, 3.05) is 6.61 Å². The van der Waals surface area contributed by atoms with Crippen molar-refractivity contribution in [3.05, 3.63) is 65.4 Å². The van der Waals surface area contributed by atoms with E-state index in [9.17, 15) is 4.79 Å². The number of esters is 1. The smallest absolute Gasteiger partial charge is 0.356 e. The number of fused-ring (bicyclic) bond motifs is 1. The molecule has 0 radical (unpaired) electrons. The summed E-state index contributed by atoms with van der Waals surface area (Å²) in [6.45, 7) is 4.08. The lowest BCUT2D eigenvalue weighted by molar-refractivity contribution is 0.0518. The summed E-state index contributed by atoms with van der Waals surface area (Å²) < 4.78 is 6.79. The molecule has 0 unspecified atom stereocenters. The Morgan fingerprint density at radius 3 is 2.91 bits per heavy atom. The second kappa shape index (κ2) is 6.44. The molecular formula is C18H17N3O2. The molecule has 0 aromatic carbocycles. The molecule has 3 aromatic rings. The summed E-state index contributed by atoms with van der Waals surface area (Å²) in [5.41, 5.74) is 3.94. The summed E-state index contributed by atoms with van der Waals surface area (Å²) in [7, 11) is 0. The molecule has 5 heteroatoms. The van der Waals surface area contributed by atoms with Crippen molar-refractivity contribution in [1.82, 2.24) is 14.4 Å². The molecule has 0 saturated carbocycles. The van der Waals surface area contributed by atoms with Gasteiger partial charge in [-0.15, -0.1) is 0 Å². The molecule has 3 aromatic heterocycles. The molecule has 0 aliphatic heterocycles. The number of imidazole rings is 1. The van der Waals surface area contributed by atoms with Crippen LogP contribution in [0.25, 0.3) is 17.8 Å². The van der Waals surface area contributed by atoms with Gasteiger partial charge in [-0.2, -0.15) is 0 Å². The van der Waals surface area contributed by atoms with E-state index in [1.165, 1.54) is 6.20 Å². The molecule has 0 fully saturated rings. The first-order valence-electron chi connectivity index (χ1n) is 7.43. The predicted molar refractivity (Wildman–Crippen MR) is 89.1 cm³/mol. The van der Waals surface area contributed by atoms with Gasteiger partial charge in [0, 0.05) is 11.9 Å². The van der Waals surface area contributed by atoms with Gasteiger partial charge in [0.15, 0.2) is 5.69 Å². The number of carbonyl (C=O) groups excluding carboxylic acids is 1. The van der Waals surface area contributed by atoms with E-state index < -0.39 is 0 Å². The average Bonchev–Trinajstić information content (AvgIpc) is 2.96. The van der Waals surface area contributed by atoms with E-state index in [1.54, 1.807) is 11.3 Å². The van der Waals surface area contributed by atoms with Crippen LogP contribution < -0.4 is 0 Å². The van der Waals surface area contributed by atoms with Crippen LogP contribution in [0.1, 0.15) is 34.4 Å². The fourth-order valence-electron chi connectivity index (χ4n) is 2.29. The van der Waals surface area contributed by atoms with Crippen molar-refractivity contribution in [3.63, 3.8) is 0 Å². The third-order valence-corrected chi connectivity index (χ3v) is 3.37. The van der Waals surface area contributed by atoms with Crippen molar-refractivity contribution in [2.24, 2.45) is 0 Å². The zero-order chi connectivity index (χ0) is 16.2. The summed E-state index contributed by atoms with van der Waals surface area (Å²) in [4.78, 5) is 20.6. The first kappa shape index (κ1) is 15.0. The number of aromatic nitrogens is 3. The zero-order valence-electron chi connectivity index (χ0n) is 13.1. The Labute approximate surface area is 134 Å². The fourth-order valence-corrected chi connectivity index (χ4v) is 2.29. The highest BCUT2D eigenvalue weighted by Crippen LogP contribution is 2.13. The topological polar surface area (TPSA) is 56.5 Å². The number of pyridine rings is 2. The normalized spacial score (nSPS) is 11.2. The second-order valence-corrected chi connectivity index (χ2v) is 5.09. The quantitative estimate of drug-likeness (QED) is 0.693. The van der Waals surface area contributed by atoms with Crippen molar-refractivity contribution in [2.45, 2.75) is 13.8 Å². The minimum atomic E-state index is -0.374. The van der Waals surface area contributed by atoms with Gasteiger partial charge in [0.25, 0.3) is 0 Å². The van der Waals surface area contributed by atoms with Crippen LogP contribution in [-0.2, 0) is 4.74 Å². The van der Waals surface area contributed by atoms with Gasteiger partial charge in [-0.3, -0.25) is 9.38 Å². The highest BCUT2D eigenvalue weighted by Gasteiger charge is 2.12. The van der Waals surface area contributed by atoms with Crippen LogP contribution in [-0.4, -0.2) is 26.9 Å². The van der Waals surface area contributed by atoms with Crippen molar-refractivity contribution < 1.29 is 9.53 Å². The van der Waals surface area contributed by atoms with Gasteiger partial charge in [-0.1, -0.05) is 12.1 Å². The van der Waals surface area contributed by atoms with Crippen LogP contribution in [0.2, 0.25) is 0 Å². The Bertz CT molecular complexity index is 881. The average molecular weight is 307 g/mol. The molecule has 23 heavy (non-hydrogen) atoms. The zero-order valence-corrected chi connectivity index (χ0v) is 13.1. The summed E-state index contributed by atoms with van der Waals surface area (Å²) in [5, 5.41) is 0. The highest BCUT2D eigenvalue weighted by atomic mass is 16.5. The van der Waals surface area contributed by atoms with Crippen molar-refractivity contribution in [3.8, 4) is 0 Å². The second-order valence-electron chi connectivity index (χ2n) is 5.09. The van der Waals surface area contributed by atoms with Crippen LogP contribution >= 0.6 is 0 Å². The third-order valence-electron chi connectivity index (χ3n) is 3.37. The van der Waals surface area contributed by atoms with E-state index in [1.807, 2.05) is 55.6 Å². The Hall–Kier alpha value is -2.95. The minimum absolute atomic E-state index is 0.338. The lowest BCUT2D eigenvalue weighted by Gasteiger charge is -2.03. The van der Waals surface area contributed by atoms with E-state index >= 15 is 0 Å². The number of nitrogens with zero attached hydrogens (tertiary/aromatic N) is 3. The lowest BCUT2D eigenvalue weighted by atomic mass is 10.2. The Morgan fingerprint density at radius 2 is 2.13 bits per heavy atom. The van der Waals surface area contributed by atoms with E-state index in [0.717, 1.165) is 17.0 Å². The number of carbonyl (C=O) groups is 1. The van der Waals surface area contributed by atoms with Gasteiger partial charge in [0.1, 0.15) is 5.65 Å². The maximum atomic E-state index is 11.9. The van der Waals surface area contributed by atoms with Gasteiger partial charge in [-0.05, 0) is 49.8 Å². The molecule has 0 N–H and O–H groups in total. The van der Waals surface area contributed by atoms with Gasteiger partial charge in [0.2, 0.25) is 0 Å². The molecule has 0 amide bonds. The van der Waals surface area contributed by atoms with Crippen LogP contribution in [0.15, 0.2) is 42.7 Å². The first-order valence-corrected chi connectivity index (χ1v) is 7.43. The van der Waals surface area contributed by atoms with Crippen LogP contribution in [0.4, 0.5) is 0 Å². The molecule has 0 spiro atoms. The number of ether oxygens (including phenoxy) is 1. The summed E-state index contributed by atoms with van der Waals surface area (Å²) >= 11 is 0. The van der Waals surface area contributed by atoms with Gasteiger partial charge in [-0.25, -0.2) is 9.78 Å². The highest BCUT2D eigenvalue weighted by molar-refractivity contribution is 5.88. The van der Waals surface area contributed by atoms with Gasteiger partial charge in [0.05, 0.1) is 18.5 Å². The molecule has 0 bridgehead atoms. The molecule has 0 aliphatic rings. The van der Waals surface area contributed by atoms with E-state index in [0.29, 0.717) is 17.9 Å². The number of hydrogen-bond donors (Lipinski definition) is 0. The molecular weight excluding hydrogens is 290 g/mol. The SMILES string of the molecule is CCOC(=O)c1cnc2ccc(/C=C\c3cccc(C)n3)cn12. The van der Waals surface area contributed by atoms with Crippen molar-refractivity contribution in [1.29, 1.82) is 0 Å². The van der Waals surface area contributed by atoms with E-state index in [4.69, 9.17) is 4.74 Å². The van der Waals surface area contributed by atoms with E-state index in [2.05, 4.69) is 9.97 Å². The van der Waals surface area contributed by atoms with Crippen LogP contribution in [0.3, 0.4) is 0 Å². The predicted octanol–water partition coefficient (Wildman–Crippen LogP) is 3.38. The van der Waals surface area contributed by atoms with Crippen LogP contribution in [0.5, 0.6) is 0 Å².